The van der Waals surface area contributed by atoms with E-state index in [1.807, 2.05) is 0 Å². The largest absolute Gasteiger partial charge is 0.324 e. The van der Waals surface area contributed by atoms with Crippen LogP contribution in [0.15, 0.2) is 0 Å². The van der Waals surface area contributed by atoms with Crippen molar-refractivity contribution < 1.29 is 0 Å². The average molecular weight is 216 g/mol. The molecule has 0 bridgehead atoms. The molecule has 0 aromatic rings. The van der Waals surface area contributed by atoms with Gasteiger partial charge in [0.2, 0.25) is 0 Å². The number of hydrogen-bond donors (Lipinski definition) is 1. The van der Waals surface area contributed by atoms with Gasteiger partial charge in [-0.3, -0.25) is 0 Å². The Bertz CT molecular complexity index is 171. The highest BCUT2D eigenvalue weighted by Gasteiger charge is 2.22. The summed E-state index contributed by atoms with van der Waals surface area (Å²) in [6, 6.07) is 0. The molecule has 2 nitrogen and oxygen atoms in total. The van der Waals surface area contributed by atoms with Crippen LogP contribution in [0.5, 0.6) is 0 Å². The molecule has 2 atom stereocenters. The van der Waals surface area contributed by atoms with Crippen molar-refractivity contribution in [3.8, 4) is 0 Å². The van der Waals surface area contributed by atoms with Crippen molar-refractivity contribution in [2.45, 2.75) is 32.7 Å². The van der Waals surface area contributed by atoms with Crippen LogP contribution in [0.4, 0.5) is 0 Å². The third-order valence-corrected chi connectivity index (χ3v) is 4.19. The fourth-order valence-corrected chi connectivity index (χ4v) is 2.89. The molecule has 1 fully saturated rings. The Labute approximate surface area is 92.6 Å². The van der Waals surface area contributed by atoms with Crippen LogP contribution in [0.25, 0.3) is 0 Å². The molecule has 2 N–H and O–H groups in total. The molecule has 0 aliphatic carbocycles. The van der Waals surface area contributed by atoms with Crippen LogP contribution in [-0.4, -0.2) is 41.6 Å². The maximum absolute atomic E-state index is 6.19. The Kier molecular flexibility index (Phi) is 4.74. The van der Waals surface area contributed by atoms with Gasteiger partial charge in [0, 0.05) is 30.9 Å². The highest BCUT2D eigenvalue weighted by molar-refractivity contribution is 7.99. The average Bonchev–Trinajstić information content (AvgIpc) is 2.29. The molecule has 1 aliphatic heterocycles. The second kappa shape index (κ2) is 5.38. The quantitative estimate of drug-likeness (QED) is 0.780. The van der Waals surface area contributed by atoms with Crippen LogP contribution in [0.3, 0.4) is 0 Å². The predicted octanol–water partition coefficient (Wildman–Crippen LogP) is 1.80. The molecule has 0 spiro atoms. The Morgan fingerprint density at radius 2 is 2.29 bits per heavy atom. The summed E-state index contributed by atoms with van der Waals surface area (Å²) in [4.78, 5) is 2.54. The van der Waals surface area contributed by atoms with Gasteiger partial charge in [0.1, 0.15) is 0 Å². The summed E-state index contributed by atoms with van der Waals surface area (Å²) in [5.74, 6) is 3.39. The monoisotopic (exact) mass is 216 g/mol. The third-order valence-electron chi connectivity index (χ3n) is 2.92. The van der Waals surface area contributed by atoms with Gasteiger partial charge in [-0.2, -0.15) is 11.8 Å². The zero-order valence-electron chi connectivity index (χ0n) is 9.75. The minimum absolute atomic E-state index is 0.00523. The van der Waals surface area contributed by atoms with Crippen LogP contribution < -0.4 is 5.73 Å². The van der Waals surface area contributed by atoms with Gasteiger partial charge in [0.05, 0.1) is 0 Å². The van der Waals surface area contributed by atoms with Gasteiger partial charge in [-0.15, -0.1) is 0 Å². The van der Waals surface area contributed by atoms with E-state index in [0.717, 1.165) is 18.9 Å². The normalized spacial score (nSPS) is 29.6. The van der Waals surface area contributed by atoms with E-state index in [2.05, 4.69) is 37.4 Å². The first-order valence-electron chi connectivity index (χ1n) is 5.62. The van der Waals surface area contributed by atoms with Crippen LogP contribution >= 0.6 is 11.8 Å². The lowest BCUT2D eigenvalue weighted by molar-refractivity contribution is 0.208. The molecule has 0 radical (unpaired) electrons. The minimum Gasteiger partial charge on any atom is -0.324 e. The maximum atomic E-state index is 6.19. The lowest BCUT2D eigenvalue weighted by Gasteiger charge is -2.31. The summed E-state index contributed by atoms with van der Waals surface area (Å²) in [5, 5.41) is 0. The predicted molar refractivity (Wildman–Crippen MR) is 65.8 cm³/mol. The van der Waals surface area contributed by atoms with Crippen LogP contribution in [0.1, 0.15) is 27.2 Å². The zero-order valence-corrected chi connectivity index (χ0v) is 10.6. The Hall–Kier alpha value is 0.270. The van der Waals surface area contributed by atoms with Crippen molar-refractivity contribution in [2.75, 3.05) is 31.1 Å². The number of nitrogens with two attached hydrogens (primary N) is 1. The van der Waals surface area contributed by atoms with Crippen LogP contribution in [0.2, 0.25) is 0 Å². The Morgan fingerprint density at radius 1 is 1.57 bits per heavy atom. The fourth-order valence-electron chi connectivity index (χ4n) is 1.83. The summed E-state index contributed by atoms with van der Waals surface area (Å²) in [6.07, 6.45) is 1.06. The molecule has 0 saturated carbocycles. The molecule has 14 heavy (non-hydrogen) atoms. The lowest BCUT2D eigenvalue weighted by atomic mass is 9.99. The van der Waals surface area contributed by atoms with Crippen molar-refractivity contribution in [2.24, 2.45) is 11.7 Å². The SMILES string of the molecule is CCC(C)(N)CN1CCSCC(C)C1. The van der Waals surface area contributed by atoms with Crippen LogP contribution in [-0.2, 0) is 0 Å². The van der Waals surface area contributed by atoms with Crippen LogP contribution in [0, 0.1) is 5.92 Å². The van der Waals surface area contributed by atoms with Gasteiger partial charge in [-0.25, -0.2) is 0 Å². The first-order valence-corrected chi connectivity index (χ1v) is 6.78. The van der Waals surface area contributed by atoms with Gasteiger partial charge in [-0.1, -0.05) is 13.8 Å². The number of rotatable bonds is 3. The highest BCUT2D eigenvalue weighted by atomic mass is 32.2. The molecule has 1 rings (SSSR count). The van der Waals surface area contributed by atoms with Crippen molar-refractivity contribution in [1.82, 2.24) is 4.90 Å². The zero-order chi connectivity index (χ0) is 10.6. The van der Waals surface area contributed by atoms with Gasteiger partial charge < -0.3 is 10.6 Å². The first kappa shape index (κ1) is 12.3. The summed E-state index contributed by atoms with van der Waals surface area (Å²) < 4.78 is 0. The molecule has 1 aliphatic rings. The Balaban J connectivity index is 2.42. The summed E-state index contributed by atoms with van der Waals surface area (Å²) in [6.45, 7) is 10.2. The number of hydrogen-bond acceptors (Lipinski definition) is 3. The minimum atomic E-state index is -0.00523. The second-order valence-electron chi connectivity index (χ2n) is 4.92. The number of nitrogens with zero attached hydrogens (tertiary/aromatic N) is 1. The molecule has 84 valence electrons. The molecular weight excluding hydrogens is 192 g/mol. The Morgan fingerprint density at radius 3 is 2.93 bits per heavy atom. The van der Waals surface area contributed by atoms with Crippen molar-refractivity contribution in [3.05, 3.63) is 0 Å². The topological polar surface area (TPSA) is 29.3 Å². The van der Waals surface area contributed by atoms with Gasteiger partial charge in [-0.05, 0) is 25.0 Å². The molecule has 2 unspecified atom stereocenters. The van der Waals surface area contributed by atoms with E-state index in [1.54, 1.807) is 0 Å². The van der Waals surface area contributed by atoms with E-state index in [0.29, 0.717) is 0 Å². The van der Waals surface area contributed by atoms with Crippen molar-refractivity contribution >= 4 is 11.8 Å². The summed E-state index contributed by atoms with van der Waals surface area (Å²) >= 11 is 2.08. The van der Waals surface area contributed by atoms with E-state index in [9.17, 15) is 0 Å². The van der Waals surface area contributed by atoms with Crippen molar-refractivity contribution in [1.29, 1.82) is 0 Å². The molecule has 0 aromatic carbocycles. The van der Waals surface area contributed by atoms with E-state index < -0.39 is 0 Å². The number of thioether (sulfide) groups is 1. The van der Waals surface area contributed by atoms with E-state index in [1.165, 1.54) is 24.6 Å². The van der Waals surface area contributed by atoms with Gasteiger partial charge in [0.25, 0.3) is 0 Å². The first-order chi connectivity index (χ1) is 6.53. The van der Waals surface area contributed by atoms with Gasteiger partial charge >= 0.3 is 0 Å². The van der Waals surface area contributed by atoms with Gasteiger partial charge in [0.15, 0.2) is 0 Å². The fraction of sp³-hybridized carbons (Fsp3) is 1.00. The van der Waals surface area contributed by atoms with E-state index in [-0.39, 0.29) is 5.54 Å². The highest BCUT2D eigenvalue weighted by Crippen LogP contribution is 2.17. The maximum Gasteiger partial charge on any atom is 0.0252 e. The van der Waals surface area contributed by atoms with E-state index in [4.69, 9.17) is 5.73 Å². The lowest BCUT2D eigenvalue weighted by Crippen LogP contribution is -2.48. The molecule has 0 aromatic heterocycles. The van der Waals surface area contributed by atoms with Crippen molar-refractivity contribution in [3.63, 3.8) is 0 Å². The standard InChI is InChI=1S/C11H24N2S/c1-4-11(3,12)9-13-5-6-14-8-10(2)7-13/h10H,4-9,12H2,1-3H3. The summed E-state index contributed by atoms with van der Waals surface area (Å²) in [5.41, 5.74) is 6.19. The summed E-state index contributed by atoms with van der Waals surface area (Å²) in [7, 11) is 0. The third kappa shape index (κ3) is 4.20. The second-order valence-corrected chi connectivity index (χ2v) is 6.07. The smallest absolute Gasteiger partial charge is 0.0252 e. The molecule has 0 amide bonds. The molecule has 3 heteroatoms. The van der Waals surface area contributed by atoms with E-state index >= 15 is 0 Å². The molecular formula is C11H24N2S. The molecule has 1 saturated heterocycles. The molecule has 1 heterocycles.